The highest BCUT2D eigenvalue weighted by Crippen LogP contribution is 2.26. The molecule has 1 aliphatic carbocycles. The summed E-state index contributed by atoms with van der Waals surface area (Å²) in [5.74, 6) is 1.47. The van der Waals surface area contributed by atoms with Crippen molar-refractivity contribution in [2.45, 2.75) is 44.9 Å². The Hall–Kier alpha value is -2.67. The first-order chi connectivity index (χ1) is 16.1. The van der Waals surface area contributed by atoms with Gasteiger partial charge in [0.2, 0.25) is 5.91 Å². The Morgan fingerprint density at radius 1 is 1.00 bits per heavy atom. The fraction of sp³-hybridized carbons (Fsp3) is 0.520. The van der Waals surface area contributed by atoms with Crippen molar-refractivity contribution in [1.82, 2.24) is 19.8 Å². The second-order valence-electron chi connectivity index (χ2n) is 8.85. The Morgan fingerprint density at radius 2 is 1.76 bits per heavy atom. The van der Waals surface area contributed by atoms with Crippen molar-refractivity contribution in [3.05, 3.63) is 53.1 Å². The molecule has 33 heavy (non-hydrogen) atoms. The highest BCUT2D eigenvalue weighted by atomic mass is 35.5. The van der Waals surface area contributed by atoms with Gasteiger partial charge in [-0.1, -0.05) is 49.8 Å². The van der Waals surface area contributed by atoms with Crippen molar-refractivity contribution in [3.8, 4) is 5.75 Å². The van der Waals surface area contributed by atoms with Crippen LogP contribution in [0.5, 0.6) is 5.75 Å². The zero-order valence-electron chi connectivity index (χ0n) is 18.9. The average Bonchev–Trinajstić information content (AvgIpc) is 2.86. The lowest BCUT2D eigenvalue weighted by Gasteiger charge is -2.34. The molecule has 2 amide bonds. The lowest BCUT2D eigenvalue weighted by Crippen LogP contribution is -2.51. The molecule has 1 saturated carbocycles. The highest BCUT2D eigenvalue weighted by Gasteiger charge is 2.25. The Balaban J connectivity index is 1.24. The third-order valence-electron chi connectivity index (χ3n) is 6.53. The standard InChI is InChI=1S/C25H31ClN4O3/c26-23-18-27-21(17-28-23)16-24(31)29-10-12-30(13-11-29)25(32)20-7-4-8-22(15-20)33-14-9-19-5-2-1-3-6-19/h4,7-8,15,17-19H,1-3,5-6,9-14,16H2. The smallest absolute Gasteiger partial charge is 0.254 e. The van der Waals surface area contributed by atoms with Gasteiger partial charge in [0.25, 0.3) is 5.91 Å². The number of hydrogen-bond donors (Lipinski definition) is 0. The van der Waals surface area contributed by atoms with Crippen LogP contribution in [0.25, 0.3) is 0 Å². The number of nitrogens with zero attached hydrogens (tertiary/aromatic N) is 4. The molecular weight excluding hydrogens is 440 g/mol. The quantitative estimate of drug-likeness (QED) is 0.611. The lowest BCUT2D eigenvalue weighted by molar-refractivity contribution is -0.132. The maximum atomic E-state index is 13.0. The van der Waals surface area contributed by atoms with E-state index in [0.717, 1.165) is 18.1 Å². The number of ether oxygens (including phenoxy) is 1. The van der Waals surface area contributed by atoms with E-state index in [4.69, 9.17) is 16.3 Å². The second-order valence-corrected chi connectivity index (χ2v) is 9.24. The van der Waals surface area contributed by atoms with E-state index in [0.29, 0.717) is 49.2 Å². The largest absolute Gasteiger partial charge is 0.494 e. The fourth-order valence-corrected chi connectivity index (χ4v) is 4.67. The first kappa shape index (κ1) is 23.5. The summed E-state index contributed by atoms with van der Waals surface area (Å²) < 4.78 is 5.96. The average molecular weight is 471 g/mol. The second kappa shape index (κ2) is 11.5. The van der Waals surface area contributed by atoms with Gasteiger partial charge < -0.3 is 14.5 Å². The summed E-state index contributed by atoms with van der Waals surface area (Å²) in [4.78, 5) is 37.2. The van der Waals surface area contributed by atoms with E-state index in [1.54, 1.807) is 9.80 Å². The molecule has 1 saturated heterocycles. The minimum absolute atomic E-state index is 0.0212. The SMILES string of the molecule is O=C(Cc1cnc(Cl)cn1)N1CCN(C(=O)c2cccc(OCCC3CCCCC3)c2)CC1. The molecular formula is C25H31ClN4O3. The number of rotatable bonds is 7. The fourth-order valence-electron chi connectivity index (χ4n) is 4.58. The third-order valence-corrected chi connectivity index (χ3v) is 6.72. The zero-order chi connectivity index (χ0) is 23.0. The van der Waals surface area contributed by atoms with Crippen molar-refractivity contribution < 1.29 is 14.3 Å². The van der Waals surface area contributed by atoms with Crippen LogP contribution >= 0.6 is 11.6 Å². The minimum Gasteiger partial charge on any atom is -0.494 e. The van der Waals surface area contributed by atoms with Crippen LogP contribution < -0.4 is 4.74 Å². The predicted molar refractivity (Wildman–Crippen MR) is 126 cm³/mol. The van der Waals surface area contributed by atoms with Gasteiger partial charge in [0.05, 0.1) is 31.1 Å². The molecule has 2 heterocycles. The van der Waals surface area contributed by atoms with Gasteiger partial charge in [-0.3, -0.25) is 14.6 Å². The molecule has 2 aliphatic rings. The highest BCUT2D eigenvalue weighted by molar-refractivity contribution is 6.29. The van der Waals surface area contributed by atoms with Crippen LogP contribution in [0, 0.1) is 5.92 Å². The first-order valence-electron chi connectivity index (χ1n) is 11.8. The van der Waals surface area contributed by atoms with E-state index in [9.17, 15) is 9.59 Å². The molecule has 2 aromatic rings. The summed E-state index contributed by atoms with van der Waals surface area (Å²) in [6, 6.07) is 7.44. The molecule has 7 nitrogen and oxygen atoms in total. The number of halogens is 1. The van der Waals surface area contributed by atoms with Crippen molar-refractivity contribution >= 4 is 23.4 Å². The van der Waals surface area contributed by atoms with Crippen LogP contribution in [0.1, 0.15) is 54.6 Å². The molecule has 8 heteroatoms. The van der Waals surface area contributed by atoms with E-state index < -0.39 is 0 Å². The van der Waals surface area contributed by atoms with Gasteiger partial charge in [-0.15, -0.1) is 0 Å². The van der Waals surface area contributed by atoms with Crippen molar-refractivity contribution in [3.63, 3.8) is 0 Å². The van der Waals surface area contributed by atoms with Gasteiger partial charge in [-0.2, -0.15) is 0 Å². The van der Waals surface area contributed by atoms with Gasteiger partial charge in [0.1, 0.15) is 10.9 Å². The van der Waals surface area contributed by atoms with Crippen LogP contribution in [0.3, 0.4) is 0 Å². The Labute approximate surface area is 200 Å². The predicted octanol–water partition coefficient (Wildman–Crippen LogP) is 4.01. The van der Waals surface area contributed by atoms with Crippen LogP contribution in [0.15, 0.2) is 36.7 Å². The third kappa shape index (κ3) is 6.67. The number of amides is 2. The Kier molecular flexibility index (Phi) is 8.15. The molecule has 0 N–H and O–H groups in total. The van der Waals surface area contributed by atoms with Gasteiger partial charge in [0, 0.05) is 31.7 Å². The Bertz CT molecular complexity index is 939. The van der Waals surface area contributed by atoms with Crippen LogP contribution in [0.4, 0.5) is 0 Å². The molecule has 0 spiro atoms. The van der Waals surface area contributed by atoms with E-state index in [1.807, 2.05) is 24.3 Å². The normalized spacial score (nSPS) is 17.1. The summed E-state index contributed by atoms with van der Waals surface area (Å²) >= 11 is 5.75. The molecule has 1 aromatic heterocycles. The molecule has 4 rings (SSSR count). The summed E-state index contributed by atoms with van der Waals surface area (Å²) in [6.45, 7) is 2.71. The molecule has 0 unspecified atom stereocenters. The number of hydrogen-bond acceptors (Lipinski definition) is 5. The summed E-state index contributed by atoms with van der Waals surface area (Å²) in [6.07, 6.45) is 10.9. The van der Waals surface area contributed by atoms with Crippen molar-refractivity contribution in [2.24, 2.45) is 5.92 Å². The van der Waals surface area contributed by atoms with E-state index in [2.05, 4.69) is 9.97 Å². The Morgan fingerprint density at radius 3 is 2.48 bits per heavy atom. The van der Waals surface area contributed by atoms with Crippen molar-refractivity contribution in [1.29, 1.82) is 0 Å². The van der Waals surface area contributed by atoms with Gasteiger partial charge >= 0.3 is 0 Å². The lowest BCUT2D eigenvalue weighted by atomic mass is 9.87. The first-order valence-corrected chi connectivity index (χ1v) is 12.2. The van der Waals surface area contributed by atoms with Crippen LogP contribution in [0.2, 0.25) is 5.15 Å². The molecule has 1 aromatic carbocycles. The monoisotopic (exact) mass is 470 g/mol. The maximum absolute atomic E-state index is 13.0. The van der Waals surface area contributed by atoms with Crippen LogP contribution in [-0.2, 0) is 11.2 Å². The van der Waals surface area contributed by atoms with Gasteiger partial charge in [0.15, 0.2) is 0 Å². The zero-order valence-corrected chi connectivity index (χ0v) is 19.7. The number of carbonyl (C=O) groups excluding carboxylic acids is 2. The van der Waals surface area contributed by atoms with Gasteiger partial charge in [-0.25, -0.2) is 4.98 Å². The van der Waals surface area contributed by atoms with Gasteiger partial charge in [-0.05, 0) is 30.5 Å². The molecule has 0 radical (unpaired) electrons. The van der Waals surface area contributed by atoms with E-state index in [-0.39, 0.29) is 18.2 Å². The maximum Gasteiger partial charge on any atom is 0.254 e. The van der Waals surface area contributed by atoms with E-state index >= 15 is 0 Å². The summed E-state index contributed by atoms with van der Waals surface area (Å²) in [5, 5.41) is 0.303. The van der Waals surface area contributed by atoms with Crippen molar-refractivity contribution in [2.75, 3.05) is 32.8 Å². The minimum atomic E-state index is -0.0246. The van der Waals surface area contributed by atoms with Crippen LogP contribution in [-0.4, -0.2) is 64.4 Å². The molecule has 176 valence electrons. The number of aromatic nitrogens is 2. The molecule has 0 bridgehead atoms. The summed E-state index contributed by atoms with van der Waals surface area (Å²) in [7, 11) is 0. The number of carbonyl (C=O) groups is 2. The molecule has 0 atom stereocenters. The van der Waals surface area contributed by atoms with E-state index in [1.165, 1.54) is 44.5 Å². The number of benzene rings is 1. The topological polar surface area (TPSA) is 75.6 Å². The summed E-state index contributed by atoms with van der Waals surface area (Å²) in [5.41, 5.74) is 1.21. The molecule has 2 fully saturated rings. The molecule has 1 aliphatic heterocycles. The number of piperazine rings is 1.